The zero-order valence-electron chi connectivity index (χ0n) is 25.8. The van der Waals surface area contributed by atoms with E-state index in [2.05, 4.69) is 20.4 Å². The Hall–Kier alpha value is -6.00. The molecule has 0 unspecified atom stereocenters. The van der Waals surface area contributed by atoms with Gasteiger partial charge in [-0.15, -0.1) is 0 Å². The second-order valence-electron chi connectivity index (χ2n) is 10.9. The van der Waals surface area contributed by atoms with E-state index in [9.17, 15) is 14.0 Å². The van der Waals surface area contributed by atoms with E-state index in [1.165, 1.54) is 41.2 Å². The Morgan fingerprint density at radius 1 is 0.896 bits per heavy atom. The molecule has 6 rings (SSSR count). The van der Waals surface area contributed by atoms with Crippen molar-refractivity contribution < 1.29 is 13.9 Å². The molecule has 48 heavy (non-hydrogen) atoms. The highest BCUT2D eigenvalue weighted by atomic mass is 35.5. The number of nitrogens with one attached hydrogen (secondary N) is 1. The van der Waals surface area contributed by atoms with Gasteiger partial charge in [-0.2, -0.15) is 5.10 Å². The van der Waals surface area contributed by atoms with Crippen LogP contribution in [0.25, 0.3) is 11.1 Å². The Kier molecular flexibility index (Phi) is 9.45. The number of rotatable bonds is 9. The first-order chi connectivity index (χ1) is 23.3. The van der Waals surface area contributed by atoms with E-state index >= 15 is 0 Å². The van der Waals surface area contributed by atoms with Crippen LogP contribution in [0.4, 0.5) is 16.0 Å². The van der Waals surface area contributed by atoms with Crippen molar-refractivity contribution in [2.75, 3.05) is 5.32 Å². The number of nitrogens with zero attached hydrogens (tertiary/aromatic N) is 5. The number of aromatic nitrogens is 4. The van der Waals surface area contributed by atoms with Crippen molar-refractivity contribution >= 4 is 34.9 Å². The normalized spacial score (nSPS) is 10.9. The van der Waals surface area contributed by atoms with Crippen LogP contribution in [-0.4, -0.2) is 31.4 Å². The number of ether oxygens (including phenoxy) is 1. The summed E-state index contributed by atoms with van der Waals surface area (Å²) in [6.45, 7) is 3.73. The van der Waals surface area contributed by atoms with Gasteiger partial charge in [0.25, 0.3) is 5.91 Å². The topological polar surface area (TPSA) is 111 Å². The molecule has 9 nitrogen and oxygen atoms in total. The van der Waals surface area contributed by atoms with Gasteiger partial charge in [-0.05, 0) is 43.7 Å². The number of halogens is 2. The molecule has 6 aromatic rings. The van der Waals surface area contributed by atoms with E-state index in [-0.39, 0.29) is 34.0 Å². The average Bonchev–Trinajstić information content (AvgIpc) is 3.10. The Bertz CT molecular complexity index is 2110. The third kappa shape index (κ3) is 7.19. The highest BCUT2D eigenvalue weighted by molar-refractivity contribution is 6.34. The van der Waals surface area contributed by atoms with Crippen LogP contribution in [0, 0.1) is 5.82 Å². The van der Waals surface area contributed by atoms with Gasteiger partial charge < -0.3 is 10.1 Å². The third-order valence-electron chi connectivity index (χ3n) is 7.19. The largest absolute Gasteiger partial charge is 0.454 e. The molecule has 1 amide bonds. The Balaban J connectivity index is 1.23. The molecule has 0 radical (unpaired) electrons. The molecule has 0 bridgehead atoms. The average molecular weight is 659 g/mol. The minimum atomic E-state index is -0.744. The molecule has 3 aromatic carbocycles. The second kappa shape index (κ2) is 14.2. The van der Waals surface area contributed by atoms with Crippen molar-refractivity contribution in [3.63, 3.8) is 0 Å². The van der Waals surface area contributed by atoms with Gasteiger partial charge in [-0.25, -0.2) is 19.4 Å². The van der Waals surface area contributed by atoms with Crippen molar-refractivity contribution in [3.8, 4) is 22.6 Å². The first-order valence-electron chi connectivity index (χ1n) is 15.0. The molecule has 0 saturated carbocycles. The molecule has 3 heterocycles. The minimum Gasteiger partial charge on any atom is -0.454 e. The molecule has 0 aliphatic rings. The first kappa shape index (κ1) is 32.0. The van der Waals surface area contributed by atoms with E-state index < -0.39 is 17.2 Å². The summed E-state index contributed by atoms with van der Waals surface area (Å²) in [6, 6.07) is 29.5. The SMILES string of the molecule is CC(C)n1cc(-c2ccc(F)cc2)c(=O)c(C(=O)Nc2ccc(Oc3ccnc(N=C(c4ccccc4)c4ccccc4)c3Cl)cn2)n1. The molecular formula is C37H28ClFN6O3. The van der Waals surface area contributed by atoms with Crippen LogP contribution >= 0.6 is 11.6 Å². The molecule has 1 N–H and O–H groups in total. The Morgan fingerprint density at radius 3 is 2.17 bits per heavy atom. The fraction of sp³-hybridized carbons (Fsp3) is 0.0811. The number of hydrogen-bond acceptors (Lipinski definition) is 7. The van der Waals surface area contributed by atoms with Gasteiger partial charge in [0.1, 0.15) is 22.4 Å². The lowest BCUT2D eigenvalue weighted by atomic mass is 10.0. The Morgan fingerprint density at radius 2 is 1.56 bits per heavy atom. The van der Waals surface area contributed by atoms with E-state index in [1.54, 1.807) is 24.5 Å². The van der Waals surface area contributed by atoms with Crippen molar-refractivity contribution in [1.29, 1.82) is 0 Å². The van der Waals surface area contributed by atoms with E-state index in [1.807, 2.05) is 74.5 Å². The number of anilines is 1. The predicted octanol–water partition coefficient (Wildman–Crippen LogP) is 8.29. The molecule has 0 fully saturated rings. The molecule has 0 aliphatic carbocycles. The lowest BCUT2D eigenvalue weighted by Gasteiger charge is -2.14. The van der Waals surface area contributed by atoms with Crippen LogP contribution in [0.2, 0.25) is 5.02 Å². The van der Waals surface area contributed by atoms with Crippen LogP contribution in [-0.2, 0) is 0 Å². The summed E-state index contributed by atoms with van der Waals surface area (Å²) in [6.07, 6.45) is 4.50. The lowest BCUT2D eigenvalue weighted by molar-refractivity contribution is 0.101. The zero-order valence-corrected chi connectivity index (χ0v) is 26.6. The van der Waals surface area contributed by atoms with Crippen LogP contribution in [0.5, 0.6) is 11.5 Å². The van der Waals surface area contributed by atoms with Crippen molar-refractivity contribution in [2.24, 2.45) is 4.99 Å². The highest BCUT2D eigenvalue weighted by Gasteiger charge is 2.20. The number of hydrogen-bond donors (Lipinski definition) is 1. The molecule has 0 aliphatic heterocycles. The predicted molar refractivity (Wildman–Crippen MR) is 184 cm³/mol. The van der Waals surface area contributed by atoms with E-state index in [0.29, 0.717) is 22.8 Å². The maximum atomic E-state index is 13.5. The maximum absolute atomic E-state index is 13.5. The monoisotopic (exact) mass is 658 g/mol. The van der Waals surface area contributed by atoms with Crippen LogP contribution in [0.1, 0.15) is 41.5 Å². The number of carbonyl (C=O) groups excluding carboxylic acids is 1. The van der Waals surface area contributed by atoms with E-state index in [4.69, 9.17) is 21.3 Å². The van der Waals surface area contributed by atoms with Gasteiger partial charge in [0.15, 0.2) is 17.3 Å². The number of pyridine rings is 2. The quantitative estimate of drug-likeness (QED) is 0.157. The lowest BCUT2D eigenvalue weighted by Crippen LogP contribution is -2.28. The molecule has 238 valence electrons. The van der Waals surface area contributed by atoms with E-state index in [0.717, 1.165) is 11.1 Å². The second-order valence-corrected chi connectivity index (χ2v) is 11.3. The fourth-order valence-electron chi connectivity index (χ4n) is 4.74. The van der Waals surface area contributed by atoms with Gasteiger partial charge in [0.05, 0.1) is 11.9 Å². The summed E-state index contributed by atoms with van der Waals surface area (Å²) in [5.74, 6) is -0.100. The first-order valence-corrected chi connectivity index (χ1v) is 15.3. The summed E-state index contributed by atoms with van der Waals surface area (Å²) >= 11 is 6.73. The van der Waals surface area contributed by atoms with Crippen molar-refractivity contribution in [3.05, 3.63) is 160 Å². The van der Waals surface area contributed by atoms with Crippen LogP contribution in [0.3, 0.4) is 0 Å². The summed E-state index contributed by atoms with van der Waals surface area (Å²) in [4.78, 5) is 40.0. The molecule has 0 atom stereocenters. The zero-order chi connectivity index (χ0) is 33.6. The summed E-state index contributed by atoms with van der Waals surface area (Å²) in [5.41, 5.74) is 2.26. The maximum Gasteiger partial charge on any atom is 0.281 e. The minimum absolute atomic E-state index is 0.152. The van der Waals surface area contributed by atoms with Crippen molar-refractivity contribution in [1.82, 2.24) is 19.7 Å². The standard InChI is InChI=1S/C37H28ClFN6O3/c1-23(2)45-22-29(24-13-15-27(39)16-14-24)35(46)34(44-45)37(47)42-31-18-17-28(21-41-31)48-30-19-20-40-36(32(30)38)43-33(25-9-5-3-6-10-25)26-11-7-4-8-12-26/h3-23H,1-2H3,(H,41,42,47). The Labute approximate surface area is 280 Å². The van der Waals surface area contributed by atoms with Gasteiger partial charge in [-0.3, -0.25) is 14.3 Å². The smallest absolute Gasteiger partial charge is 0.281 e. The number of carbonyl (C=O) groups is 1. The van der Waals surface area contributed by atoms with Gasteiger partial charge in [0.2, 0.25) is 5.43 Å². The number of aliphatic imine (C=N–C) groups is 1. The number of amides is 1. The molecule has 11 heteroatoms. The summed E-state index contributed by atoms with van der Waals surface area (Å²) in [5, 5.41) is 7.08. The van der Waals surface area contributed by atoms with Gasteiger partial charge >= 0.3 is 0 Å². The fourth-order valence-corrected chi connectivity index (χ4v) is 4.93. The summed E-state index contributed by atoms with van der Waals surface area (Å²) in [7, 11) is 0. The number of benzene rings is 3. The van der Waals surface area contributed by atoms with Crippen LogP contribution < -0.4 is 15.5 Å². The molecular weight excluding hydrogens is 631 g/mol. The molecule has 0 saturated heterocycles. The molecule has 0 spiro atoms. The van der Waals surface area contributed by atoms with Crippen molar-refractivity contribution in [2.45, 2.75) is 19.9 Å². The summed E-state index contributed by atoms with van der Waals surface area (Å²) < 4.78 is 21.0. The van der Waals surface area contributed by atoms with Crippen LogP contribution in [0.15, 0.2) is 132 Å². The third-order valence-corrected chi connectivity index (χ3v) is 7.54. The van der Waals surface area contributed by atoms with Gasteiger partial charge in [-0.1, -0.05) is 84.4 Å². The van der Waals surface area contributed by atoms with Gasteiger partial charge in [0, 0.05) is 41.2 Å². The highest BCUT2D eigenvalue weighted by Crippen LogP contribution is 2.36. The molecule has 3 aromatic heterocycles.